The van der Waals surface area contributed by atoms with Crippen molar-refractivity contribution in [3.63, 3.8) is 0 Å². The summed E-state index contributed by atoms with van der Waals surface area (Å²) in [5.74, 6) is 0.119. The number of nitrogens with two attached hydrogens (primary N) is 1. The van der Waals surface area contributed by atoms with Crippen molar-refractivity contribution in [3.8, 4) is 0 Å². The van der Waals surface area contributed by atoms with E-state index in [1.165, 1.54) is 16.8 Å². The molecule has 0 aliphatic carbocycles. The lowest BCUT2D eigenvalue weighted by Crippen LogP contribution is -2.65. The number of ether oxygens (including phenoxy) is 1. The molecule has 11 heteroatoms. The van der Waals surface area contributed by atoms with Crippen LogP contribution < -0.4 is 11.4 Å². The maximum Gasteiger partial charge on any atom is 0.351 e. The molecule has 4 atom stereocenters. The third kappa shape index (κ3) is 4.24. The number of anilines is 1. The summed E-state index contributed by atoms with van der Waals surface area (Å²) in [4.78, 5) is 16.2. The van der Waals surface area contributed by atoms with E-state index in [0.717, 1.165) is 0 Å². The minimum absolute atomic E-state index is 0.119. The van der Waals surface area contributed by atoms with Crippen molar-refractivity contribution >= 4 is 22.9 Å². The molecule has 0 bridgehead atoms. The van der Waals surface area contributed by atoms with Crippen LogP contribution in [0.3, 0.4) is 0 Å². The van der Waals surface area contributed by atoms with Gasteiger partial charge in [-0.2, -0.15) is 4.98 Å². The monoisotopic (exact) mass is 485 g/mol. The Morgan fingerprint density at radius 1 is 1.06 bits per heavy atom. The topological polar surface area (TPSA) is 118 Å². The summed E-state index contributed by atoms with van der Waals surface area (Å²) in [7, 11) is -5.59. The molecule has 3 heterocycles. The van der Waals surface area contributed by atoms with Crippen LogP contribution in [0.5, 0.6) is 0 Å². The Hall–Kier alpha value is -1.09. The molecule has 2 saturated heterocycles. The zero-order valence-electron chi connectivity index (χ0n) is 20.4. The van der Waals surface area contributed by atoms with Crippen LogP contribution in [-0.2, 0) is 17.7 Å². The molecule has 1 aromatic rings. The van der Waals surface area contributed by atoms with E-state index < -0.39 is 47.4 Å². The molecule has 0 radical (unpaired) electrons. The number of aromatic nitrogens is 2. The maximum absolute atomic E-state index is 12.4. The first kappa shape index (κ1) is 25.5. The fraction of sp³-hybridized carbons (Fsp3) is 0.810. The minimum atomic E-state index is -2.89. The summed E-state index contributed by atoms with van der Waals surface area (Å²) < 4.78 is 28.1. The number of aliphatic hydroxyl groups is 1. The SMILES string of the molecule is CC(C)[Si]1(C(C)C)OC[C@@H]2O[C@@H](n3ccc(N)nc3=O)[C@@H](O)[C@@H]2O[Si](C(C)C)(C(C)C)O1. The molecule has 3 N–H and O–H groups in total. The van der Waals surface area contributed by atoms with E-state index in [9.17, 15) is 9.90 Å². The van der Waals surface area contributed by atoms with Gasteiger partial charge in [0.05, 0.1) is 6.61 Å². The van der Waals surface area contributed by atoms with Gasteiger partial charge >= 0.3 is 22.8 Å². The van der Waals surface area contributed by atoms with Gasteiger partial charge < -0.3 is 28.5 Å². The van der Waals surface area contributed by atoms with E-state index in [2.05, 4.69) is 60.4 Å². The Labute approximate surface area is 192 Å². The average Bonchev–Trinajstić information content (AvgIpc) is 2.96. The van der Waals surface area contributed by atoms with Gasteiger partial charge in [-0.15, -0.1) is 0 Å². The molecule has 2 fully saturated rings. The lowest BCUT2D eigenvalue weighted by atomic mass is 10.1. The molecule has 2 aliphatic rings. The third-order valence-corrected chi connectivity index (χ3v) is 17.0. The van der Waals surface area contributed by atoms with Gasteiger partial charge in [0, 0.05) is 6.20 Å². The van der Waals surface area contributed by atoms with Crippen LogP contribution >= 0.6 is 0 Å². The van der Waals surface area contributed by atoms with Crippen molar-refractivity contribution in [2.24, 2.45) is 0 Å². The van der Waals surface area contributed by atoms with E-state index in [1.807, 2.05) is 0 Å². The smallest absolute Gasteiger partial charge is 0.351 e. The highest BCUT2D eigenvalue weighted by molar-refractivity contribution is 6.83. The van der Waals surface area contributed by atoms with Crippen molar-refractivity contribution in [1.82, 2.24) is 9.55 Å². The second kappa shape index (κ2) is 9.28. The van der Waals surface area contributed by atoms with Crippen LogP contribution in [0.1, 0.15) is 61.6 Å². The number of nitrogen functional groups attached to an aromatic ring is 1. The first-order valence-corrected chi connectivity index (χ1v) is 15.5. The predicted octanol–water partition coefficient (Wildman–Crippen LogP) is 3.04. The van der Waals surface area contributed by atoms with Crippen molar-refractivity contribution in [2.45, 2.75) is 102 Å². The number of aliphatic hydroxyl groups excluding tert-OH is 1. The van der Waals surface area contributed by atoms with Crippen LogP contribution in [-0.4, -0.2) is 56.7 Å². The third-order valence-electron chi connectivity index (χ3n) is 6.77. The number of hydrogen-bond donors (Lipinski definition) is 2. The summed E-state index contributed by atoms with van der Waals surface area (Å²) >= 11 is 0. The van der Waals surface area contributed by atoms with E-state index in [-0.39, 0.29) is 34.6 Å². The molecule has 0 amide bonds. The first-order chi connectivity index (χ1) is 14.9. The number of nitrogens with zero attached hydrogens (tertiary/aromatic N) is 2. The summed E-state index contributed by atoms with van der Waals surface area (Å²) in [5.41, 5.74) is 5.72. The highest BCUT2D eigenvalue weighted by Gasteiger charge is 2.61. The minimum Gasteiger partial charge on any atom is -0.414 e. The Morgan fingerprint density at radius 2 is 1.62 bits per heavy atom. The van der Waals surface area contributed by atoms with E-state index in [4.69, 9.17) is 23.4 Å². The second-order valence-corrected chi connectivity index (χ2v) is 19.0. The van der Waals surface area contributed by atoms with Crippen LogP contribution in [0.15, 0.2) is 17.1 Å². The second-order valence-electron chi connectivity index (χ2n) is 10.2. The largest absolute Gasteiger partial charge is 0.414 e. The molecular formula is C21H39N3O6Si2. The Balaban J connectivity index is 2.07. The van der Waals surface area contributed by atoms with E-state index in [1.54, 1.807) is 0 Å². The zero-order chi connectivity index (χ0) is 24.0. The average molecular weight is 486 g/mol. The molecule has 9 nitrogen and oxygen atoms in total. The summed E-state index contributed by atoms with van der Waals surface area (Å²) in [5, 5.41) is 11.2. The standard InChI is InChI=1S/C21H39N3O6Si2/c1-12(2)31(13(3)4)27-11-16-19(29-32(30-31,14(5)6)15(7)8)18(25)20(28-16)24-10-9-17(22)23-21(24)26/h9-10,12-16,18-20,25H,11H2,1-8H3,(H2,22,23,26)/t16-,18-,19+,20+/m0/s1. The van der Waals surface area contributed by atoms with Gasteiger partial charge in [-0.3, -0.25) is 4.57 Å². The Morgan fingerprint density at radius 3 is 2.12 bits per heavy atom. The van der Waals surface area contributed by atoms with Gasteiger partial charge in [0.15, 0.2) is 6.23 Å². The lowest BCUT2D eigenvalue weighted by Gasteiger charge is -2.51. The summed E-state index contributed by atoms with van der Waals surface area (Å²) in [6.07, 6.45) is -1.73. The summed E-state index contributed by atoms with van der Waals surface area (Å²) in [6, 6.07) is 1.51. The molecule has 0 unspecified atom stereocenters. The van der Waals surface area contributed by atoms with Crippen LogP contribution in [0, 0.1) is 0 Å². The number of rotatable bonds is 5. The molecule has 3 rings (SSSR count). The van der Waals surface area contributed by atoms with Gasteiger partial charge in [0.2, 0.25) is 0 Å². The van der Waals surface area contributed by atoms with Gasteiger partial charge in [0.1, 0.15) is 24.1 Å². The van der Waals surface area contributed by atoms with Crippen LogP contribution in [0.4, 0.5) is 5.82 Å². The van der Waals surface area contributed by atoms with Crippen molar-refractivity contribution in [1.29, 1.82) is 0 Å². The molecule has 1 aromatic heterocycles. The summed E-state index contributed by atoms with van der Waals surface area (Å²) in [6.45, 7) is 17.3. The quantitative estimate of drug-likeness (QED) is 0.611. The van der Waals surface area contributed by atoms with Crippen molar-refractivity contribution in [2.75, 3.05) is 12.3 Å². The maximum atomic E-state index is 12.4. The van der Waals surface area contributed by atoms with E-state index >= 15 is 0 Å². The number of fused-ring (bicyclic) bond motifs is 1. The fourth-order valence-electron chi connectivity index (χ4n) is 4.99. The first-order valence-electron chi connectivity index (χ1n) is 11.6. The Kier molecular flexibility index (Phi) is 7.40. The normalized spacial score (nSPS) is 30.0. The van der Waals surface area contributed by atoms with Gasteiger partial charge in [-0.1, -0.05) is 55.4 Å². The van der Waals surface area contributed by atoms with Gasteiger partial charge in [-0.25, -0.2) is 4.79 Å². The molecule has 2 aliphatic heterocycles. The van der Waals surface area contributed by atoms with Crippen molar-refractivity contribution in [3.05, 3.63) is 22.7 Å². The Bertz CT molecular complexity index is 846. The molecule has 0 saturated carbocycles. The molecule has 0 spiro atoms. The molecular weight excluding hydrogens is 446 g/mol. The predicted molar refractivity (Wildman–Crippen MR) is 127 cm³/mol. The van der Waals surface area contributed by atoms with Crippen molar-refractivity contribution < 1.29 is 22.8 Å². The zero-order valence-corrected chi connectivity index (χ0v) is 22.4. The molecule has 0 aromatic carbocycles. The molecule has 182 valence electrons. The van der Waals surface area contributed by atoms with E-state index in [0.29, 0.717) is 0 Å². The van der Waals surface area contributed by atoms with Gasteiger partial charge in [0.25, 0.3) is 0 Å². The lowest BCUT2D eigenvalue weighted by molar-refractivity contribution is -0.0600. The van der Waals surface area contributed by atoms with Gasteiger partial charge in [-0.05, 0) is 28.2 Å². The van der Waals surface area contributed by atoms with Crippen LogP contribution in [0.25, 0.3) is 0 Å². The fourth-order valence-corrected chi connectivity index (χ4v) is 16.2. The highest BCUT2D eigenvalue weighted by Crippen LogP contribution is 2.48. The number of hydrogen-bond acceptors (Lipinski definition) is 8. The highest BCUT2D eigenvalue weighted by atomic mass is 28.5. The molecule has 32 heavy (non-hydrogen) atoms. The van der Waals surface area contributed by atoms with Crippen LogP contribution in [0.2, 0.25) is 22.2 Å².